The summed E-state index contributed by atoms with van der Waals surface area (Å²) in [5, 5.41) is 7.73. The number of H-pyrrole nitrogens is 1. The average molecular weight is 257 g/mol. The van der Waals surface area contributed by atoms with Crippen LogP contribution in [-0.2, 0) is 0 Å². The second kappa shape index (κ2) is 3.53. The molecule has 0 aliphatic heterocycles. The van der Waals surface area contributed by atoms with Crippen LogP contribution >= 0.6 is 15.9 Å². The van der Waals surface area contributed by atoms with Crippen molar-refractivity contribution in [3.63, 3.8) is 0 Å². The summed E-state index contributed by atoms with van der Waals surface area (Å²) in [6, 6.07) is 0. The summed E-state index contributed by atoms with van der Waals surface area (Å²) in [5.41, 5.74) is 1.53. The number of aryl methyl sites for hydroxylation is 1. The van der Waals surface area contributed by atoms with E-state index in [4.69, 9.17) is 4.74 Å². The summed E-state index contributed by atoms with van der Waals surface area (Å²) in [6.07, 6.45) is 0. The first-order valence-corrected chi connectivity index (χ1v) is 5.02. The molecule has 0 unspecified atom stereocenters. The molecule has 0 bridgehead atoms. The number of fused-ring (bicyclic) bond motifs is 1. The number of aromatic nitrogens is 4. The Hall–Kier alpha value is -1.17. The van der Waals surface area contributed by atoms with Crippen LogP contribution in [0.1, 0.15) is 12.6 Å². The average Bonchev–Trinajstić information content (AvgIpc) is 2.48. The molecule has 2 rings (SSSR count). The van der Waals surface area contributed by atoms with Gasteiger partial charge in [0.1, 0.15) is 5.39 Å². The van der Waals surface area contributed by atoms with Crippen molar-refractivity contribution in [2.24, 2.45) is 0 Å². The molecule has 0 fully saturated rings. The van der Waals surface area contributed by atoms with Crippen LogP contribution in [0.5, 0.6) is 5.88 Å². The van der Waals surface area contributed by atoms with Gasteiger partial charge in [0.15, 0.2) is 5.65 Å². The van der Waals surface area contributed by atoms with Crippen LogP contribution in [-0.4, -0.2) is 26.8 Å². The fraction of sp³-hybridized carbons (Fsp3) is 0.375. The van der Waals surface area contributed by atoms with Crippen LogP contribution in [0.25, 0.3) is 11.0 Å². The minimum absolute atomic E-state index is 0.486. The highest BCUT2D eigenvalue weighted by Gasteiger charge is 2.12. The number of aromatic amines is 1. The minimum Gasteiger partial charge on any atom is -0.477 e. The third kappa shape index (κ3) is 1.45. The number of halogens is 1. The fourth-order valence-corrected chi connectivity index (χ4v) is 1.58. The second-order valence-electron chi connectivity index (χ2n) is 2.78. The van der Waals surface area contributed by atoms with E-state index in [0.29, 0.717) is 22.9 Å². The maximum atomic E-state index is 5.40. The lowest BCUT2D eigenvalue weighted by Gasteiger charge is -2.03. The second-order valence-corrected chi connectivity index (χ2v) is 3.49. The van der Waals surface area contributed by atoms with Crippen molar-refractivity contribution in [1.29, 1.82) is 0 Å². The summed E-state index contributed by atoms with van der Waals surface area (Å²) < 4.78 is 5.88. The SMILES string of the molecule is CCOc1nc(Br)nc2n[nH]c(C)c12. The predicted octanol–water partition coefficient (Wildman–Crippen LogP) is 1.82. The number of rotatable bonds is 2. The van der Waals surface area contributed by atoms with Crippen LogP contribution in [0.15, 0.2) is 4.73 Å². The highest BCUT2D eigenvalue weighted by Crippen LogP contribution is 2.25. The van der Waals surface area contributed by atoms with Gasteiger partial charge in [-0.15, -0.1) is 0 Å². The Morgan fingerprint density at radius 2 is 2.21 bits per heavy atom. The van der Waals surface area contributed by atoms with Crippen molar-refractivity contribution in [2.45, 2.75) is 13.8 Å². The van der Waals surface area contributed by atoms with Crippen molar-refractivity contribution < 1.29 is 4.74 Å². The van der Waals surface area contributed by atoms with Crippen LogP contribution in [0.3, 0.4) is 0 Å². The molecule has 0 spiro atoms. The van der Waals surface area contributed by atoms with Crippen LogP contribution in [0.2, 0.25) is 0 Å². The molecule has 14 heavy (non-hydrogen) atoms. The Bertz CT molecular complexity index is 468. The molecule has 74 valence electrons. The van der Waals surface area contributed by atoms with E-state index >= 15 is 0 Å². The lowest BCUT2D eigenvalue weighted by molar-refractivity contribution is 0.330. The van der Waals surface area contributed by atoms with Gasteiger partial charge >= 0.3 is 0 Å². The quantitative estimate of drug-likeness (QED) is 0.833. The van der Waals surface area contributed by atoms with Gasteiger partial charge in [-0.1, -0.05) is 0 Å². The Morgan fingerprint density at radius 1 is 1.43 bits per heavy atom. The molecule has 0 aromatic carbocycles. The largest absolute Gasteiger partial charge is 0.477 e. The van der Waals surface area contributed by atoms with E-state index in [0.717, 1.165) is 11.1 Å². The van der Waals surface area contributed by atoms with E-state index in [1.807, 2.05) is 13.8 Å². The fourth-order valence-electron chi connectivity index (χ4n) is 1.25. The van der Waals surface area contributed by atoms with Crippen molar-refractivity contribution >= 4 is 27.0 Å². The molecule has 0 atom stereocenters. The molecule has 2 aromatic rings. The smallest absolute Gasteiger partial charge is 0.229 e. The van der Waals surface area contributed by atoms with Crippen molar-refractivity contribution in [2.75, 3.05) is 6.61 Å². The summed E-state index contributed by atoms with van der Waals surface area (Å²) >= 11 is 3.21. The third-order valence-corrected chi connectivity index (χ3v) is 2.17. The molecule has 2 aromatic heterocycles. The first-order chi connectivity index (χ1) is 6.72. The highest BCUT2D eigenvalue weighted by molar-refractivity contribution is 9.10. The maximum absolute atomic E-state index is 5.40. The van der Waals surface area contributed by atoms with Gasteiger partial charge in [0.25, 0.3) is 0 Å². The van der Waals surface area contributed by atoms with Gasteiger partial charge in [-0.05, 0) is 29.8 Å². The van der Waals surface area contributed by atoms with E-state index in [1.54, 1.807) is 0 Å². The molecule has 2 heterocycles. The van der Waals surface area contributed by atoms with Gasteiger partial charge in [-0.25, -0.2) is 0 Å². The summed E-state index contributed by atoms with van der Waals surface area (Å²) in [7, 11) is 0. The number of nitrogens with one attached hydrogen (secondary N) is 1. The lowest BCUT2D eigenvalue weighted by atomic mass is 10.3. The van der Waals surface area contributed by atoms with Gasteiger partial charge < -0.3 is 4.74 Å². The zero-order valence-electron chi connectivity index (χ0n) is 7.83. The molecule has 0 aliphatic carbocycles. The van der Waals surface area contributed by atoms with Crippen molar-refractivity contribution in [3.05, 3.63) is 10.4 Å². The number of ether oxygens (including phenoxy) is 1. The lowest BCUT2D eigenvalue weighted by Crippen LogP contribution is -1.97. The van der Waals surface area contributed by atoms with Crippen molar-refractivity contribution in [3.8, 4) is 5.88 Å². The Kier molecular flexibility index (Phi) is 2.37. The third-order valence-electron chi connectivity index (χ3n) is 1.81. The molecule has 0 saturated heterocycles. The highest BCUT2D eigenvalue weighted by atomic mass is 79.9. The molecular weight excluding hydrogens is 248 g/mol. The van der Waals surface area contributed by atoms with Gasteiger partial charge in [-0.3, -0.25) is 5.10 Å². The minimum atomic E-state index is 0.486. The van der Waals surface area contributed by atoms with Crippen LogP contribution in [0, 0.1) is 6.92 Å². The topological polar surface area (TPSA) is 63.7 Å². The van der Waals surface area contributed by atoms with Crippen LogP contribution in [0.4, 0.5) is 0 Å². The zero-order valence-corrected chi connectivity index (χ0v) is 9.42. The molecule has 0 aliphatic rings. The van der Waals surface area contributed by atoms with E-state index in [2.05, 4.69) is 36.1 Å². The zero-order chi connectivity index (χ0) is 10.1. The first kappa shape index (κ1) is 9.39. The van der Waals surface area contributed by atoms with Gasteiger partial charge in [0.05, 0.1) is 6.61 Å². The van der Waals surface area contributed by atoms with E-state index < -0.39 is 0 Å². The Labute approximate surface area is 89.0 Å². The molecule has 0 radical (unpaired) electrons. The molecule has 0 amide bonds. The normalized spacial score (nSPS) is 10.8. The van der Waals surface area contributed by atoms with Gasteiger partial charge in [0, 0.05) is 5.69 Å². The number of hydrogen-bond donors (Lipinski definition) is 1. The van der Waals surface area contributed by atoms with E-state index in [-0.39, 0.29) is 0 Å². The predicted molar refractivity (Wildman–Crippen MR) is 55.3 cm³/mol. The molecular formula is C8H9BrN4O. The summed E-state index contributed by atoms with van der Waals surface area (Å²) in [5.74, 6) is 0.565. The Morgan fingerprint density at radius 3 is 2.93 bits per heavy atom. The molecule has 1 N–H and O–H groups in total. The monoisotopic (exact) mass is 256 g/mol. The molecule has 5 nitrogen and oxygen atoms in total. The van der Waals surface area contributed by atoms with Crippen molar-refractivity contribution in [1.82, 2.24) is 20.2 Å². The van der Waals surface area contributed by atoms with Gasteiger partial charge in [-0.2, -0.15) is 15.1 Å². The molecule has 6 heteroatoms. The first-order valence-electron chi connectivity index (χ1n) is 4.23. The summed E-state index contributed by atoms with van der Waals surface area (Å²) in [4.78, 5) is 8.27. The maximum Gasteiger partial charge on any atom is 0.229 e. The summed E-state index contributed by atoms with van der Waals surface area (Å²) in [6.45, 7) is 4.40. The Balaban J connectivity index is 2.70. The molecule has 0 saturated carbocycles. The van der Waals surface area contributed by atoms with Crippen LogP contribution < -0.4 is 4.74 Å². The standard InChI is InChI=1S/C8H9BrN4O/c1-3-14-7-5-4(2)12-13-6(5)10-8(9)11-7/h3H2,1-2H3,(H,10,11,12,13). The number of nitrogens with zero attached hydrogens (tertiary/aromatic N) is 3. The van der Waals surface area contributed by atoms with Gasteiger partial charge in [0.2, 0.25) is 10.6 Å². The van der Waals surface area contributed by atoms with E-state index in [9.17, 15) is 0 Å². The number of hydrogen-bond acceptors (Lipinski definition) is 4. The van der Waals surface area contributed by atoms with E-state index in [1.165, 1.54) is 0 Å².